The molecule has 5 heteroatoms. The summed E-state index contributed by atoms with van der Waals surface area (Å²) in [4.78, 5) is 12.5. The van der Waals surface area contributed by atoms with Gasteiger partial charge in [-0.3, -0.25) is 4.79 Å². The highest BCUT2D eigenvalue weighted by Gasteiger charge is 2.22. The Bertz CT molecular complexity index is 709. The van der Waals surface area contributed by atoms with Gasteiger partial charge in [0.2, 0.25) is 0 Å². The average molecular weight is 307 g/mol. The molecule has 1 N–H and O–H groups in total. The monoisotopic (exact) mass is 306 g/mol. The zero-order valence-corrected chi connectivity index (χ0v) is 12.5. The first-order valence-corrected chi connectivity index (χ1v) is 7.37. The third-order valence-corrected chi connectivity index (χ3v) is 4.18. The maximum absolute atomic E-state index is 13.1. The molecule has 0 spiro atoms. The van der Waals surface area contributed by atoms with Crippen LogP contribution in [0.1, 0.15) is 34.5 Å². The van der Waals surface area contributed by atoms with Gasteiger partial charge in [0, 0.05) is 18.9 Å². The number of rotatable bonds is 2. The zero-order valence-electron chi connectivity index (χ0n) is 11.7. The number of benzene rings is 1. The van der Waals surface area contributed by atoms with Crippen molar-refractivity contribution in [2.75, 3.05) is 5.32 Å². The van der Waals surface area contributed by atoms with Crippen molar-refractivity contribution in [1.29, 1.82) is 0 Å². The van der Waals surface area contributed by atoms with Crippen LogP contribution in [0.5, 0.6) is 0 Å². The minimum absolute atomic E-state index is 0.00158. The Hall–Kier alpha value is -1.81. The second kappa shape index (κ2) is 5.53. The molecule has 0 atom stereocenters. The SMILES string of the molecule is Cn1cc2c(c1C(=O)Nc1ccc(F)c(Cl)c1)CCCC2. The standard InChI is InChI=1S/C16H16ClFN2O/c1-20-9-10-4-2-3-5-12(10)15(20)16(21)19-11-6-7-14(18)13(17)8-11/h6-9H,2-5H2,1H3,(H,19,21). The molecule has 1 aliphatic carbocycles. The number of hydrogen-bond acceptors (Lipinski definition) is 1. The molecule has 3 nitrogen and oxygen atoms in total. The first kappa shape index (κ1) is 14.1. The van der Waals surface area contributed by atoms with Crippen molar-refractivity contribution in [3.8, 4) is 0 Å². The Balaban J connectivity index is 1.88. The lowest BCUT2D eigenvalue weighted by molar-refractivity contribution is 0.101. The van der Waals surface area contributed by atoms with E-state index in [9.17, 15) is 9.18 Å². The van der Waals surface area contributed by atoms with Gasteiger partial charge in [0.05, 0.1) is 5.02 Å². The molecular formula is C16H16ClFN2O. The number of anilines is 1. The zero-order chi connectivity index (χ0) is 15.0. The van der Waals surface area contributed by atoms with Crippen LogP contribution in [-0.2, 0) is 19.9 Å². The second-order valence-electron chi connectivity index (χ2n) is 5.38. The summed E-state index contributed by atoms with van der Waals surface area (Å²) in [7, 11) is 1.88. The van der Waals surface area contributed by atoms with Crippen molar-refractivity contribution >= 4 is 23.2 Å². The van der Waals surface area contributed by atoms with E-state index in [0.717, 1.165) is 24.8 Å². The smallest absolute Gasteiger partial charge is 0.272 e. The van der Waals surface area contributed by atoms with Crippen molar-refractivity contribution in [3.05, 3.63) is 52.1 Å². The molecule has 0 aliphatic heterocycles. The van der Waals surface area contributed by atoms with E-state index in [0.29, 0.717) is 11.4 Å². The molecule has 0 radical (unpaired) electrons. The summed E-state index contributed by atoms with van der Waals surface area (Å²) >= 11 is 5.74. The molecule has 1 aromatic carbocycles. The van der Waals surface area contributed by atoms with E-state index < -0.39 is 5.82 Å². The molecule has 1 aromatic heterocycles. The number of amides is 1. The number of carbonyl (C=O) groups excluding carboxylic acids is 1. The molecule has 0 saturated heterocycles. The highest BCUT2D eigenvalue weighted by atomic mass is 35.5. The first-order valence-electron chi connectivity index (χ1n) is 6.99. The fraction of sp³-hybridized carbons (Fsp3) is 0.312. The number of aryl methyl sites for hydroxylation is 2. The Labute approximate surface area is 127 Å². The third-order valence-electron chi connectivity index (χ3n) is 3.89. The molecule has 0 unspecified atom stereocenters. The third kappa shape index (κ3) is 2.68. The van der Waals surface area contributed by atoms with Crippen molar-refractivity contribution in [2.45, 2.75) is 25.7 Å². The Kier molecular flexibility index (Phi) is 3.72. The fourth-order valence-electron chi connectivity index (χ4n) is 2.91. The van der Waals surface area contributed by atoms with Gasteiger partial charge in [-0.1, -0.05) is 11.6 Å². The van der Waals surface area contributed by atoms with Crippen LogP contribution in [0.15, 0.2) is 24.4 Å². The summed E-state index contributed by atoms with van der Waals surface area (Å²) in [5.41, 5.74) is 3.57. The highest BCUT2D eigenvalue weighted by molar-refractivity contribution is 6.31. The normalized spacial score (nSPS) is 13.9. The molecule has 1 heterocycles. The molecule has 0 fully saturated rings. The van der Waals surface area contributed by atoms with E-state index in [1.807, 2.05) is 17.8 Å². The van der Waals surface area contributed by atoms with Crippen molar-refractivity contribution < 1.29 is 9.18 Å². The van der Waals surface area contributed by atoms with Gasteiger partial charge in [-0.2, -0.15) is 0 Å². The van der Waals surface area contributed by atoms with E-state index >= 15 is 0 Å². The van der Waals surface area contributed by atoms with E-state index in [1.54, 1.807) is 0 Å². The molecule has 110 valence electrons. The molecule has 1 aliphatic rings. The summed E-state index contributed by atoms with van der Waals surface area (Å²) in [5.74, 6) is -0.672. The Morgan fingerprint density at radius 1 is 1.33 bits per heavy atom. The maximum atomic E-state index is 13.1. The van der Waals surface area contributed by atoms with Gasteiger partial charge in [0.1, 0.15) is 11.5 Å². The van der Waals surface area contributed by atoms with Crippen LogP contribution >= 0.6 is 11.6 Å². The molecule has 2 aromatic rings. The van der Waals surface area contributed by atoms with Gasteiger partial charge in [-0.25, -0.2) is 4.39 Å². The van der Waals surface area contributed by atoms with Crippen LogP contribution in [0.3, 0.4) is 0 Å². The number of fused-ring (bicyclic) bond motifs is 1. The highest BCUT2D eigenvalue weighted by Crippen LogP contribution is 2.27. The summed E-state index contributed by atoms with van der Waals surface area (Å²) in [6.45, 7) is 0. The lowest BCUT2D eigenvalue weighted by atomic mass is 9.93. The van der Waals surface area contributed by atoms with Crippen LogP contribution in [-0.4, -0.2) is 10.5 Å². The van der Waals surface area contributed by atoms with Crippen LogP contribution in [0.4, 0.5) is 10.1 Å². The quantitative estimate of drug-likeness (QED) is 0.895. The van der Waals surface area contributed by atoms with Crippen molar-refractivity contribution in [3.63, 3.8) is 0 Å². The number of halogens is 2. The first-order chi connectivity index (χ1) is 10.1. The predicted molar refractivity (Wildman–Crippen MR) is 81.4 cm³/mol. The summed E-state index contributed by atoms with van der Waals surface area (Å²) < 4.78 is 15.0. The topological polar surface area (TPSA) is 34.0 Å². The van der Waals surface area contributed by atoms with Crippen LogP contribution in [0, 0.1) is 5.82 Å². The van der Waals surface area contributed by atoms with E-state index in [4.69, 9.17) is 11.6 Å². The van der Waals surface area contributed by atoms with Crippen molar-refractivity contribution in [1.82, 2.24) is 4.57 Å². The lowest BCUT2D eigenvalue weighted by Gasteiger charge is -2.13. The van der Waals surface area contributed by atoms with Crippen LogP contribution < -0.4 is 5.32 Å². The van der Waals surface area contributed by atoms with Gasteiger partial charge >= 0.3 is 0 Å². The van der Waals surface area contributed by atoms with Gasteiger partial charge < -0.3 is 9.88 Å². The Morgan fingerprint density at radius 3 is 2.86 bits per heavy atom. The largest absolute Gasteiger partial charge is 0.346 e. The second-order valence-corrected chi connectivity index (χ2v) is 5.79. The van der Waals surface area contributed by atoms with Gasteiger partial charge in [-0.05, 0) is 55.0 Å². The van der Waals surface area contributed by atoms with E-state index in [1.165, 1.54) is 30.2 Å². The lowest BCUT2D eigenvalue weighted by Crippen LogP contribution is -2.18. The van der Waals surface area contributed by atoms with Gasteiger partial charge in [0.25, 0.3) is 5.91 Å². The van der Waals surface area contributed by atoms with Crippen molar-refractivity contribution in [2.24, 2.45) is 7.05 Å². The fourth-order valence-corrected chi connectivity index (χ4v) is 3.09. The number of carbonyl (C=O) groups is 1. The molecular weight excluding hydrogens is 291 g/mol. The van der Waals surface area contributed by atoms with E-state index in [-0.39, 0.29) is 10.9 Å². The maximum Gasteiger partial charge on any atom is 0.272 e. The number of hydrogen-bond donors (Lipinski definition) is 1. The Morgan fingerprint density at radius 2 is 2.10 bits per heavy atom. The number of aromatic nitrogens is 1. The summed E-state index contributed by atoms with van der Waals surface area (Å²) in [5, 5.41) is 2.79. The summed E-state index contributed by atoms with van der Waals surface area (Å²) in [6, 6.07) is 4.18. The van der Waals surface area contributed by atoms with Crippen LogP contribution in [0.25, 0.3) is 0 Å². The summed E-state index contributed by atoms with van der Waals surface area (Å²) in [6.07, 6.45) is 6.27. The number of nitrogens with one attached hydrogen (secondary N) is 1. The van der Waals surface area contributed by atoms with E-state index in [2.05, 4.69) is 5.32 Å². The molecule has 3 rings (SSSR count). The molecule has 0 saturated carbocycles. The minimum Gasteiger partial charge on any atom is -0.346 e. The predicted octanol–water partition coefficient (Wildman–Crippen LogP) is 3.95. The van der Waals surface area contributed by atoms with Gasteiger partial charge in [0.15, 0.2) is 0 Å². The van der Waals surface area contributed by atoms with Gasteiger partial charge in [-0.15, -0.1) is 0 Å². The minimum atomic E-state index is -0.495. The average Bonchev–Trinajstić information content (AvgIpc) is 2.78. The molecule has 1 amide bonds. The number of nitrogens with zero attached hydrogens (tertiary/aromatic N) is 1. The molecule has 0 bridgehead atoms. The van der Waals surface area contributed by atoms with Crippen LogP contribution in [0.2, 0.25) is 5.02 Å². The molecule has 21 heavy (non-hydrogen) atoms.